The number of pyridine rings is 2. The van der Waals surface area contributed by atoms with Crippen LogP contribution in [0, 0.1) is 40.1 Å². The summed E-state index contributed by atoms with van der Waals surface area (Å²) in [5.41, 5.74) is 7.16. The molecule has 0 radical (unpaired) electrons. The minimum Gasteiger partial charge on any atom is -0.444 e. The van der Waals surface area contributed by atoms with Crippen LogP contribution in [0.5, 0.6) is 0 Å². The van der Waals surface area contributed by atoms with E-state index in [-0.39, 0.29) is 46.9 Å². The lowest BCUT2D eigenvalue weighted by atomic mass is 9.80. The Kier molecular flexibility index (Phi) is 20.2. The Bertz CT molecular complexity index is 4800. The number of rotatable bonds is 5. The highest BCUT2D eigenvalue weighted by Crippen LogP contribution is 2.38. The third-order valence-corrected chi connectivity index (χ3v) is 17.9. The number of imidazole rings is 5. The molecule has 0 aliphatic carbocycles. The van der Waals surface area contributed by atoms with Gasteiger partial charge in [0.05, 0.1) is 60.3 Å². The second kappa shape index (κ2) is 28.4. The average molecular weight is 1440 g/mol. The molecule has 4 aliphatic heterocycles. The van der Waals surface area contributed by atoms with E-state index in [1.165, 1.54) is 42.6 Å². The molecule has 10 aromatic rings. The number of nitriles is 2. The van der Waals surface area contributed by atoms with Crippen LogP contribution >= 0.6 is 15.9 Å². The third kappa shape index (κ3) is 16.5. The summed E-state index contributed by atoms with van der Waals surface area (Å²) in [5, 5.41) is 18.5. The van der Waals surface area contributed by atoms with Crippen LogP contribution in [0.4, 0.5) is 27.6 Å². The SMILES string of the molecule is CC(C)(C)OC(=O)N1CCn2c(nc(-c3ccc(F)cc3)c2-c2ccc3ncc(C#N)n3c2)C1.CC(C)(C)OC(=O)N1CCn2c(nc(-c3ccc(F)cc3)c2Br)C1.CC(C)(C)OC(=O)N1CCn2cc(-c3ccc(F)cc3)nc2C1.CC1(C)OB(c2ccc3ncc(C#N)n3c2)OC1(C)C. The van der Waals surface area contributed by atoms with Crippen LogP contribution in [-0.2, 0) is 62.8 Å². The van der Waals surface area contributed by atoms with E-state index >= 15 is 0 Å². The van der Waals surface area contributed by atoms with E-state index in [9.17, 15) is 32.8 Å². The average Bonchev–Trinajstić information content (AvgIpc) is 1.62. The molecule has 0 spiro atoms. The lowest BCUT2D eigenvalue weighted by Gasteiger charge is -2.32. The number of amides is 3. The van der Waals surface area contributed by atoms with Crippen molar-refractivity contribution in [2.45, 2.75) is 157 Å². The summed E-state index contributed by atoms with van der Waals surface area (Å²) in [6.45, 7) is 29.2. The van der Waals surface area contributed by atoms with E-state index in [0.717, 1.165) is 66.7 Å². The molecule has 0 N–H and O–H groups in total. The van der Waals surface area contributed by atoms with Crippen LogP contribution in [0.25, 0.3) is 56.3 Å². The Morgan fingerprint density at radius 1 is 0.505 bits per heavy atom. The van der Waals surface area contributed by atoms with Gasteiger partial charge in [0.1, 0.15) is 96.8 Å². The van der Waals surface area contributed by atoms with Gasteiger partial charge >= 0.3 is 25.4 Å². The van der Waals surface area contributed by atoms with Gasteiger partial charge in [-0.15, -0.1) is 0 Å². The smallest absolute Gasteiger partial charge is 0.444 e. The molecule has 11 heterocycles. The summed E-state index contributed by atoms with van der Waals surface area (Å²) in [6, 6.07) is 30.5. The van der Waals surface area contributed by atoms with E-state index < -0.39 is 23.9 Å². The molecule has 1 saturated heterocycles. The van der Waals surface area contributed by atoms with E-state index in [1.807, 2.05) is 142 Å². The van der Waals surface area contributed by atoms with Gasteiger partial charge in [-0.25, -0.2) is 52.5 Å². The van der Waals surface area contributed by atoms with Crippen molar-refractivity contribution in [3.63, 3.8) is 0 Å². The first-order valence-corrected chi connectivity index (χ1v) is 33.7. The number of hydrogen-bond donors (Lipinski definition) is 0. The van der Waals surface area contributed by atoms with Gasteiger partial charge in [0, 0.05) is 80.1 Å². The van der Waals surface area contributed by atoms with Crippen LogP contribution in [0.3, 0.4) is 0 Å². The third-order valence-electron chi connectivity index (χ3n) is 17.1. The molecule has 28 heteroatoms. The van der Waals surface area contributed by atoms with Crippen molar-refractivity contribution in [2.24, 2.45) is 0 Å². The Balaban J connectivity index is 0.000000138. The van der Waals surface area contributed by atoms with Gasteiger partial charge in [-0.05, 0) is 202 Å². The second-order valence-electron chi connectivity index (χ2n) is 28.6. The normalized spacial score (nSPS) is 15.3. The number of aromatic nitrogens is 10. The molecule has 3 amide bonds. The van der Waals surface area contributed by atoms with Gasteiger partial charge in [0.25, 0.3) is 0 Å². The van der Waals surface area contributed by atoms with Crippen LogP contribution in [0.1, 0.15) is 119 Å². The molecule has 101 heavy (non-hydrogen) atoms. The first-order valence-electron chi connectivity index (χ1n) is 32.9. The fourth-order valence-electron chi connectivity index (χ4n) is 11.4. The van der Waals surface area contributed by atoms with Crippen LogP contribution in [-0.4, -0.2) is 135 Å². The van der Waals surface area contributed by atoms with Crippen LogP contribution < -0.4 is 5.46 Å². The van der Waals surface area contributed by atoms with Crippen molar-refractivity contribution in [3.05, 3.63) is 179 Å². The largest absolute Gasteiger partial charge is 0.496 e. The molecule has 0 bridgehead atoms. The van der Waals surface area contributed by atoms with Gasteiger partial charge in [-0.3, -0.25) is 23.5 Å². The summed E-state index contributed by atoms with van der Waals surface area (Å²) >= 11 is 3.57. The van der Waals surface area contributed by atoms with Crippen LogP contribution in [0.2, 0.25) is 0 Å². The molecule has 0 atom stereocenters. The maximum Gasteiger partial charge on any atom is 0.496 e. The van der Waals surface area contributed by atoms with Crippen molar-refractivity contribution in [1.82, 2.24) is 62.1 Å². The molecule has 4 aliphatic rings. The number of ether oxygens (including phenoxy) is 3. The maximum absolute atomic E-state index is 13.6. The molecule has 23 nitrogen and oxygen atoms in total. The van der Waals surface area contributed by atoms with E-state index in [2.05, 4.69) is 52.6 Å². The topological polar surface area (TPSA) is 243 Å². The van der Waals surface area contributed by atoms with Crippen molar-refractivity contribution in [3.8, 4) is 57.2 Å². The number of halogens is 4. The number of fused-ring (bicyclic) bond motifs is 5. The lowest BCUT2D eigenvalue weighted by molar-refractivity contribution is 0.00578. The van der Waals surface area contributed by atoms with Crippen molar-refractivity contribution in [1.29, 1.82) is 10.5 Å². The summed E-state index contributed by atoms with van der Waals surface area (Å²) < 4.78 is 78.6. The van der Waals surface area contributed by atoms with Gasteiger partial charge in [0.15, 0.2) is 0 Å². The Morgan fingerprint density at radius 3 is 1.40 bits per heavy atom. The minimum absolute atomic E-state index is 0.270. The molecule has 1 fully saturated rings. The van der Waals surface area contributed by atoms with Gasteiger partial charge < -0.3 is 37.2 Å². The molecule has 0 saturated carbocycles. The minimum atomic E-state index is -0.590. The fourth-order valence-corrected chi connectivity index (χ4v) is 12.1. The molecular formula is C73H78BBrF3N15O8. The van der Waals surface area contributed by atoms with Crippen LogP contribution in [0.15, 0.2) is 133 Å². The monoisotopic (exact) mass is 1440 g/mol. The van der Waals surface area contributed by atoms with Gasteiger partial charge in [0.2, 0.25) is 0 Å². The summed E-state index contributed by atoms with van der Waals surface area (Å²) in [5.74, 6) is 1.41. The highest BCUT2D eigenvalue weighted by atomic mass is 79.9. The number of nitrogens with zero attached hydrogens (tertiary/aromatic N) is 15. The Labute approximate surface area is 591 Å². The Morgan fingerprint density at radius 2 is 0.911 bits per heavy atom. The molecule has 7 aromatic heterocycles. The Hall–Kier alpha value is -10.3. The van der Waals surface area contributed by atoms with E-state index in [4.69, 9.17) is 33.8 Å². The number of carbonyl (C=O) groups excluding carboxylic acids is 3. The molecule has 14 rings (SSSR count). The second-order valence-corrected chi connectivity index (χ2v) is 29.3. The maximum atomic E-state index is 13.6. The highest BCUT2D eigenvalue weighted by Gasteiger charge is 2.52. The zero-order valence-corrected chi connectivity index (χ0v) is 60.1. The fraction of sp³-hybridized carbons (Fsp3) is 0.370. The predicted octanol–water partition coefficient (Wildman–Crippen LogP) is 13.8. The summed E-state index contributed by atoms with van der Waals surface area (Å²) in [6.07, 6.45) is 7.70. The standard InChI is InChI=1S/C25H23FN6O2.C17H19BrFN3O2.C17H20FN3O2.C14H16BN3O2/c1-25(2,3)34-24(33)30-10-11-31-21(15-30)29-22(16-4-7-18(26)8-5-16)23(31)17-6-9-20-28-13-19(12-27)32(20)14-17;1-17(2,3)24-16(23)21-8-9-22-13(10-21)20-14(15(22)18)11-4-6-12(19)7-5-11;1-17(2,3)23-16(22)21-9-8-20-10-14(19-15(20)11-21)12-4-6-13(18)7-5-12;1-13(2)14(3,4)20-15(19-13)10-5-6-12-17-8-11(7-16)18(12)9-10/h4-9,13-14H,10-11,15H2,1-3H3;4-7H,8-10H2,1-3H3;4-7,10H,8-9,11H2,1-3H3;5-6,8-9H,1-4H3. The zero-order valence-electron chi connectivity index (χ0n) is 58.6. The van der Waals surface area contributed by atoms with Crippen molar-refractivity contribution < 1.29 is 51.1 Å². The van der Waals surface area contributed by atoms with Crippen molar-refractivity contribution >= 4 is 58.1 Å². The zero-order chi connectivity index (χ0) is 72.7. The summed E-state index contributed by atoms with van der Waals surface area (Å²) in [7, 11) is -0.432. The van der Waals surface area contributed by atoms with Crippen molar-refractivity contribution in [2.75, 3.05) is 19.6 Å². The number of hydrogen-bond acceptors (Lipinski definition) is 15. The highest BCUT2D eigenvalue weighted by molar-refractivity contribution is 9.10. The molecule has 3 aromatic carbocycles. The predicted molar refractivity (Wildman–Crippen MR) is 375 cm³/mol. The molecule has 524 valence electrons. The van der Waals surface area contributed by atoms with Gasteiger partial charge in [-0.1, -0.05) is 6.07 Å². The van der Waals surface area contributed by atoms with E-state index in [0.29, 0.717) is 87.5 Å². The first kappa shape index (κ1) is 72.0. The number of carbonyl (C=O) groups is 3. The first-order chi connectivity index (χ1) is 47.6. The summed E-state index contributed by atoms with van der Waals surface area (Å²) in [4.78, 5) is 64.5. The van der Waals surface area contributed by atoms with E-state index in [1.54, 1.807) is 66.1 Å². The van der Waals surface area contributed by atoms with Gasteiger partial charge in [-0.2, -0.15) is 10.5 Å². The lowest BCUT2D eigenvalue weighted by Crippen LogP contribution is -2.41. The molecule has 0 unspecified atom stereocenters. The quantitative estimate of drug-likeness (QED) is 0.115. The number of benzene rings is 3. The molecular weight excluding hydrogens is 1360 g/mol.